The Bertz CT molecular complexity index is 484. The van der Waals surface area contributed by atoms with Gasteiger partial charge in [-0.2, -0.15) is 5.10 Å². The molecule has 1 aromatic heterocycles. The largest absolute Gasteiger partial charge is 0.332 e. The van der Waals surface area contributed by atoms with Gasteiger partial charge >= 0.3 is 0 Å². The van der Waals surface area contributed by atoms with Crippen molar-refractivity contribution in [3.05, 3.63) is 17.0 Å². The highest BCUT2D eigenvalue weighted by Gasteiger charge is 2.29. The van der Waals surface area contributed by atoms with E-state index in [1.54, 1.807) is 4.90 Å². The molecule has 20 heavy (non-hydrogen) atoms. The summed E-state index contributed by atoms with van der Waals surface area (Å²) >= 11 is 0. The van der Waals surface area contributed by atoms with Crippen LogP contribution in [-0.4, -0.2) is 53.3 Å². The van der Waals surface area contributed by atoms with Crippen molar-refractivity contribution >= 4 is 5.91 Å². The van der Waals surface area contributed by atoms with Crippen LogP contribution in [0.3, 0.4) is 0 Å². The quantitative estimate of drug-likeness (QED) is 0.860. The average molecular weight is 279 g/mol. The van der Waals surface area contributed by atoms with Crippen molar-refractivity contribution in [2.45, 2.75) is 33.6 Å². The zero-order valence-corrected chi connectivity index (χ0v) is 13.4. The maximum Gasteiger partial charge on any atom is 0.258 e. The first-order valence-corrected chi connectivity index (χ1v) is 7.62. The van der Waals surface area contributed by atoms with E-state index in [1.807, 2.05) is 23.6 Å². The van der Waals surface area contributed by atoms with E-state index in [4.69, 9.17) is 0 Å². The van der Waals surface area contributed by atoms with Crippen LogP contribution in [0, 0.1) is 6.92 Å². The summed E-state index contributed by atoms with van der Waals surface area (Å²) in [4.78, 5) is 16.4. The van der Waals surface area contributed by atoms with Crippen LogP contribution >= 0.6 is 0 Å². The summed E-state index contributed by atoms with van der Waals surface area (Å²) < 4.78 is 1.86. The number of nitrogens with one attached hydrogen (secondary N) is 1. The lowest BCUT2D eigenvalue weighted by Crippen LogP contribution is -3.14. The van der Waals surface area contributed by atoms with E-state index in [9.17, 15) is 4.79 Å². The van der Waals surface area contributed by atoms with Crippen LogP contribution in [0.2, 0.25) is 0 Å². The summed E-state index contributed by atoms with van der Waals surface area (Å²) in [5.74, 6) is 0.470. The topological polar surface area (TPSA) is 42.6 Å². The third kappa shape index (κ3) is 2.73. The average Bonchev–Trinajstić information content (AvgIpc) is 2.72. The molecule has 1 aliphatic rings. The number of aryl methyl sites for hydroxylation is 2. The lowest BCUT2D eigenvalue weighted by molar-refractivity contribution is -0.902. The van der Waals surface area contributed by atoms with Gasteiger partial charge in [-0.1, -0.05) is 13.8 Å². The van der Waals surface area contributed by atoms with E-state index in [-0.39, 0.29) is 5.91 Å². The van der Waals surface area contributed by atoms with Gasteiger partial charge in [-0.05, 0) is 19.8 Å². The van der Waals surface area contributed by atoms with Crippen molar-refractivity contribution in [1.29, 1.82) is 0 Å². The first-order valence-electron chi connectivity index (χ1n) is 7.62. The maximum absolute atomic E-state index is 12.8. The lowest BCUT2D eigenvalue weighted by atomic mass is 10.0. The third-order valence-corrected chi connectivity index (χ3v) is 4.29. The minimum Gasteiger partial charge on any atom is -0.332 e. The summed E-state index contributed by atoms with van der Waals surface area (Å²) in [7, 11) is 1.93. The fourth-order valence-electron chi connectivity index (χ4n) is 3.14. The van der Waals surface area contributed by atoms with E-state index in [0.717, 1.165) is 49.7 Å². The van der Waals surface area contributed by atoms with Crippen LogP contribution in [0.5, 0.6) is 0 Å². The van der Waals surface area contributed by atoms with E-state index in [0.29, 0.717) is 5.92 Å². The second kappa shape index (κ2) is 5.95. The maximum atomic E-state index is 12.8. The second-order valence-electron chi connectivity index (χ2n) is 6.02. The molecule has 1 amide bonds. The Morgan fingerprint density at radius 3 is 2.45 bits per heavy atom. The first-order chi connectivity index (χ1) is 9.45. The Balaban J connectivity index is 2.22. The molecule has 5 nitrogen and oxygen atoms in total. The minimum atomic E-state index is 0.162. The monoisotopic (exact) mass is 279 g/mol. The normalized spacial score (nSPS) is 17.0. The Morgan fingerprint density at radius 1 is 1.35 bits per heavy atom. The van der Waals surface area contributed by atoms with Gasteiger partial charge in [0.2, 0.25) is 0 Å². The third-order valence-electron chi connectivity index (χ3n) is 4.29. The number of piperazine rings is 1. The SMILES string of the molecule is CC[NH+]1CCN(C(=O)c2c(C)nn(C)c2C(C)C)CC1. The number of hydrogen-bond acceptors (Lipinski definition) is 2. The van der Waals surface area contributed by atoms with Crippen LogP contribution in [0.1, 0.15) is 48.4 Å². The van der Waals surface area contributed by atoms with Gasteiger partial charge in [0.1, 0.15) is 0 Å². The predicted octanol–water partition coefficient (Wildman–Crippen LogP) is 0.213. The summed E-state index contributed by atoms with van der Waals surface area (Å²) in [6.45, 7) is 13.3. The molecule has 1 fully saturated rings. The van der Waals surface area contributed by atoms with Crippen LogP contribution in [0.4, 0.5) is 0 Å². The molecule has 5 heteroatoms. The molecule has 0 bridgehead atoms. The molecule has 2 heterocycles. The van der Waals surface area contributed by atoms with Gasteiger partial charge in [0.25, 0.3) is 5.91 Å². The molecule has 1 aromatic rings. The number of quaternary nitrogens is 1. The smallest absolute Gasteiger partial charge is 0.258 e. The summed E-state index contributed by atoms with van der Waals surface area (Å²) in [6.07, 6.45) is 0. The Labute approximate surface area is 121 Å². The highest BCUT2D eigenvalue weighted by atomic mass is 16.2. The van der Waals surface area contributed by atoms with Crippen LogP contribution in [0.15, 0.2) is 0 Å². The predicted molar refractivity (Wildman–Crippen MR) is 79.2 cm³/mol. The van der Waals surface area contributed by atoms with E-state index in [1.165, 1.54) is 0 Å². The van der Waals surface area contributed by atoms with Crippen LogP contribution < -0.4 is 4.90 Å². The van der Waals surface area contributed by atoms with Crippen molar-refractivity contribution in [3.63, 3.8) is 0 Å². The lowest BCUT2D eigenvalue weighted by Gasteiger charge is -2.32. The molecule has 0 unspecified atom stereocenters. The molecule has 0 radical (unpaired) electrons. The molecule has 1 saturated heterocycles. The van der Waals surface area contributed by atoms with Gasteiger partial charge in [0.05, 0.1) is 49.7 Å². The molecule has 0 spiro atoms. The molecule has 0 saturated carbocycles. The molecule has 112 valence electrons. The fraction of sp³-hybridized carbons (Fsp3) is 0.733. The first kappa shape index (κ1) is 15.0. The van der Waals surface area contributed by atoms with E-state index in [2.05, 4.69) is 25.9 Å². The molecular weight excluding hydrogens is 252 g/mol. The van der Waals surface area contributed by atoms with Gasteiger partial charge in [-0.15, -0.1) is 0 Å². The highest BCUT2D eigenvalue weighted by molar-refractivity contribution is 5.96. The molecule has 1 aliphatic heterocycles. The van der Waals surface area contributed by atoms with E-state index >= 15 is 0 Å². The molecule has 0 aromatic carbocycles. The Hall–Kier alpha value is -1.36. The van der Waals surface area contributed by atoms with Crippen molar-refractivity contribution in [3.8, 4) is 0 Å². The van der Waals surface area contributed by atoms with Gasteiger partial charge in [0, 0.05) is 7.05 Å². The standard InChI is InChI=1S/C15H26N4O/c1-6-18-7-9-19(10-8-18)15(20)13-12(4)16-17(5)14(13)11(2)3/h11H,6-10H2,1-5H3/p+1. The summed E-state index contributed by atoms with van der Waals surface area (Å²) in [6, 6.07) is 0. The van der Waals surface area contributed by atoms with Crippen molar-refractivity contribution in [2.24, 2.45) is 7.05 Å². The van der Waals surface area contributed by atoms with Gasteiger partial charge < -0.3 is 9.80 Å². The van der Waals surface area contributed by atoms with Crippen molar-refractivity contribution < 1.29 is 9.69 Å². The van der Waals surface area contributed by atoms with E-state index < -0.39 is 0 Å². The molecular formula is C15H27N4O+. The number of rotatable bonds is 3. The minimum absolute atomic E-state index is 0.162. The summed E-state index contributed by atoms with van der Waals surface area (Å²) in [5.41, 5.74) is 2.73. The molecule has 2 rings (SSSR count). The van der Waals surface area contributed by atoms with Gasteiger partial charge in [-0.3, -0.25) is 9.48 Å². The Kier molecular flexibility index (Phi) is 4.48. The van der Waals surface area contributed by atoms with Crippen LogP contribution in [-0.2, 0) is 7.05 Å². The number of likely N-dealkylation sites (N-methyl/N-ethyl adjacent to an activating group) is 1. The van der Waals surface area contributed by atoms with Crippen LogP contribution in [0.25, 0.3) is 0 Å². The molecule has 0 atom stereocenters. The van der Waals surface area contributed by atoms with Crippen molar-refractivity contribution in [1.82, 2.24) is 14.7 Å². The Morgan fingerprint density at radius 2 is 1.95 bits per heavy atom. The number of aromatic nitrogens is 2. The zero-order valence-electron chi connectivity index (χ0n) is 13.4. The zero-order chi connectivity index (χ0) is 14.9. The fourth-order valence-corrected chi connectivity index (χ4v) is 3.14. The number of carbonyl (C=O) groups excluding carboxylic acids is 1. The van der Waals surface area contributed by atoms with Gasteiger partial charge in [-0.25, -0.2) is 0 Å². The summed E-state index contributed by atoms with van der Waals surface area (Å²) in [5, 5.41) is 4.44. The molecule has 1 N–H and O–H groups in total. The second-order valence-corrected chi connectivity index (χ2v) is 6.02. The number of carbonyl (C=O) groups is 1. The number of amides is 1. The molecule has 0 aliphatic carbocycles. The van der Waals surface area contributed by atoms with Gasteiger partial charge in [0.15, 0.2) is 0 Å². The van der Waals surface area contributed by atoms with Crippen molar-refractivity contribution in [2.75, 3.05) is 32.7 Å². The number of nitrogens with zero attached hydrogens (tertiary/aromatic N) is 3. The number of hydrogen-bond donors (Lipinski definition) is 1. The highest BCUT2D eigenvalue weighted by Crippen LogP contribution is 2.23.